The van der Waals surface area contributed by atoms with Crippen LogP contribution in [0.5, 0.6) is 0 Å². The number of amides is 2. The third kappa shape index (κ3) is 4.23. The van der Waals surface area contributed by atoms with Gasteiger partial charge in [-0.15, -0.1) is 0 Å². The van der Waals surface area contributed by atoms with Crippen LogP contribution >= 0.6 is 0 Å². The molecule has 0 unspecified atom stereocenters. The van der Waals surface area contributed by atoms with E-state index in [-0.39, 0.29) is 18.5 Å². The Morgan fingerprint density at radius 3 is 2.88 bits per heavy atom. The molecule has 0 bridgehead atoms. The van der Waals surface area contributed by atoms with Gasteiger partial charge in [0.2, 0.25) is 5.91 Å². The van der Waals surface area contributed by atoms with E-state index >= 15 is 0 Å². The summed E-state index contributed by atoms with van der Waals surface area (Å²) in [7, 11) is 3.11. The third-order valence-electron chi connectivity index (χ3n) is 2.06. The lowest BCUT2D eigenvalue weighted by Crippen LogP contribution is -2.40. The molecular formula is C10H16N4O3. The Morgan fingerprint density at radius 1 is 1.53 bits per heavy atom. The van der Waals surface area contributed by atoms with Crippen molar-refractivity contribution in [2.24, 2.45) is 0 Å². The monoisotopic (exact) mass is 240 g/mol. The highest BCUT2D eigenvalue weighted by Crippen LogP contribution is 1.92. The normalized spacial score (nSPS) is 10.0. The number of hydrogen-bond acceptors (Lipinski definition) is 4. The van der Waals surface area contributed by atoms with Crippen LogP contribution in [0.4, 0.5) is 4.79 Å². The van der Waals surface area contributed by atoms with Crippen LogP contribution in [0, 0.1) is 0 Å². The molecule has 0 saturated heterocycles. The van der Waals surface area contributed by atoms with Crippen molar-refractivity contribution in [2.75, 3.05) is 33.9 Å². The highest BCUT2D eigenvalue weighted by Gasteiger charge is 2.13. The van der Waals surface area contributed by atoms with Gasteiger partial charge >= 0.3 is 6.03 Å². The van der Waals surface area contributed by atoms with E-state index in [1.54, 1.807) is 14.2 Å². The van der Waals surface area contributed by atoms with E-state index in [0.29, 0.717) is 13.2 Å². The van der Waals surface area contributed by atoms with Crippen LogP contribution < -0.4 is 5.32 Å². The molecule has 1 rings (SSSR count). The van der Waals surface area contributed by atoms with Crippen molar-refractivity contribution >= 4 is 11.9 Å². The number of nitrogens with zero attached hydrogens (tertiary/aromatic N) is 3. The Labute approximate surface area is 99.4 Å². The van der Waals surface area contributed by atoms with Gasteiger partial charge in [0.05, 0.1) is 6.61 Å². The van der Waals surface area contributed by atoms with E-state index < -0.39 is 0 Å². The molecule has 94 valence electrons. The molecule has 0 atom stereocenters. The van der Waals surface area contributed by atoms with Gasteiger partial charge in [-0.05, 0) is 0 Å². The fourth-order valence-electron chi connectivity index (χ4n) is 1.20. The molecule has 1 aromatic rings. The summed E-state index contributed by atoms with van der Waals surface area (Å²) in [6.45, 7) is 0.883. The minimum absolute atomic E-state index is 0.000722. The molecular weight excluding hydrogens is 224 g/mol. The predicted octanol–water partition coefficient (Wildman–Crippen LogP) is -0.454. The maximum atomic E-state index is 11.7. The van der Waals surface area contributed by atoms with E-state index in [0.717, 1.165) is 0 Å². The van der Waals surface area contributed by atoms with Crippen LogP contribution in [0.15, 0.2) is 18.7 Å². The topological polar surface area (TPSA) is 76.5 Å². The van der Waals surface area contributed by atoms with Crippen LogP contribution in [0.25, 0.3) is 0 Å². The number of likely N-dealkylation sites (N-methyl/N-ethyl adjacent to an activating group) is 1. The Balaban J connectivity index is 2.36. The molecule has 0 saturated carbocycles. The Bertz CT molecular complexity index is 364. The van der Waals surface area contributed by atoms with Crippen LogP contribution in [0.1, 0.15) is 0 Å². The molecule has 1 heterocycles. The Hall–Kier alpha value is -1.89. The average Bonchev–Trinajstić information content (AvgIpc) is 2.81. The van der Waals surface area contributed by atoms with Crippen LogP contribution in [0.3, 0.4) is 0 Å². The van der Waals surface area contributed by atoms with Crippen molar-refractivity contribution in [1.82, 2.24) is 19.8 Å². The maximum absolute atomic E-state index is 11.7. The number of imidazole rings is 1. The van der Waals surface area contributed by atoms with Crippen LogP contribution in [-0.4, -0.2) is 60.2 Å². The summed E-state index contributed by atoms with van der Waals surface area (Å²) in [6, 6.07) is -0.301. The number of hydrogen-bond donors (Lipinski definition) is 1. The average molecular weight is 240 g/mol. The van der Waals surface area contributed by atoms with E-state index in [1.165, 1.54) is 28.2 Å². The van der Waals surface area contributed by atoms with Crippen molar-refractivity contribution in [2.45, 2.75) is 0 Å². The second-order valence-electron chi connectivity index (χ2n) is 3.45. The molecule has 7 heteroatoms. The number of carbonyl (C=O) groups excluding carboxylic acids is 2. The van der Waals surface area contributed by atoms with Gasteiger partial charge in [-0.3, -0.25) is 9.36 Å². The fraction of sp³-hybridized carbons (Fsp3) is 0.500. The predicted molar refractivity (Wildman–Crippen MR) is 60.5 cm³/mol. The van der Waals surface area contributed by atoms with Gasteiger partial charge in [0, 0.05) is 33.1 Å². The first-order valence-electron chi connectivity index (χ1n) is 5.14. The van der Waals surface area contributed by atoms with Crippen LogP contribution in [0.2, 0.25) is 0 Å². The van der Waals surface area contributed by atoms with Gasteiger partial charge in [0.1, 0.15) is 12.9 Å². The lowest BCUT2D eigenvalue weighted by Gasteiger charge is -2.16. The molecule has 1 aromatic heterocycles. The second-order valence-corrected chi connectivity index (χ2v) is 3.45. The summed E-state index contributed by atoms with van der Waals surface area (Å²) in [6.07, 6.45) is 4.42. The standard InChI is InChI=1S/C10H16N4O3/c1-13(7-9(15)12-4-6-17-2)10(16)14-5-3-11-8-14/h3,5,8H,4,6-7H2,1-2H3,(H,12,15). The molecule has 0 aromatic carbocycles. The molecule has 2 amide bonds. The van der Waals surface area contributed by atoms with E-state index in [4.69, 9.17) is 4.74 Å². The third-order valence-corrected chi connectivity index (χ3v) is 2.06. The quantitative estimate of drug-likeness (QED) is 0.707. The highest BCUT2D eigenvalue weighted by atomic mass is 16.5. The molecule has 7 nitrogen and oxygen atoms in total. The second kappa shape index (κ2) is 6.64. The lowest BCUT2D eigenvalue weighted by molar-refractivity contribution is -0.121. The van der Waals surface area contributed by atoms with Crippen molar-refractivity contribution in [3.05, 3.63) is 18.7 Å². The van der Waals surface area contributed by atoms with E-state index in [1.807, 2.05) is 0 Å². The van der Waals surface area contributed by atoms with E-state index in [9.17, 15) is 9.59 Å². The first-order chi connectivity index (χ1) is 8.15. The van der Waals surface area contributed by atoms with Gasteiger partial charge in [-0.1, -0.05) is 0 Å². The van der Waals surface area contributed by atoms with E-state index in [2.05, 4.69) is 10.3 Å². The molecule has 0 radical (unpaired) electrons. The van der Waals surface area contributed by atoms with Gasteiger partial charge in [0.15, 0.2) is 0 Å². The Morgan fingerprint density at radius 2 is 2.29 bits per heavy atom. The molecule has 0 aliphatic carbocycles. The summed E-state index contributed by atoms with van der Waals surface area (Å²) in [5, 5.41) is 2.63. The van der Waals surface area contributed by atoms with Crippen molar-refractivity contribution in [3.8, 4) is 0 Å². The molecule has 0 fully saturated rings. The minimum atomic E-state index is -0.301. The van der Waals surface area contributed by atoms with Gasteiger partial charge in [0.25, 0.3) is 0 Å². The largest absolute Gasteiger partial charge is 0.383 e. The smallest absolute Gasteiger partial charge is 0.329 e. The summed E-state index contributed by atoms with van der Waals surface area (Å²) in [4.78, 5) is 28.2. The summed E-state index contributed by atoms with van der Waals surface area (Å²) < 4.78 is 6.10. The summed E-state index contributed by atoms with van der Waals surface area (Å²) in [5.41, 5.74) is 0. The number of ether oxygens (including phenoxy) is 1. The van der Waals surface area contributed by atoms with Crippen molar-refractivity contribution < 1.29 is 14.3 Å². The first-order valence-corrected chi connectivity index (χ1v) is 5.14. The van der Waals surface area contributed by atoms with Crippen molar-refractivity contribution in [1.29, 1.82) is 0 Å². The Kier molecular flexibility index (Phi) is 5.15. The SMILES string of the molecule is COCCNC(=O)CN(C)C(=O)n1ccnc1. The minimum Gasteiger partial charge on any atom is -0.383 e. The zero-order chi connectivity index (χ0) is 12.7. The molecule has 0 aliphatic heterocycles. The number of methoxy groups -OCH3 is 1. The zero-order valence-electron chi connectivity index (χ0n) is 9.92. The van der Waals surface area contributed by atoms with Gasteiger partial charge < -0.3 is 15.0 Å². The zero-order valence-corrected chi connectivity index (χ0v) is 9.92. The number of nitrogens with one attached hydrogen (secondary N) is 1. The number of rotatable bonds is 5. The summed E-state index contributed by atoms with van der Waals surface area (Å²) >= 11 is 0. The van der Waals surface area contributed by atoms with Crippen molar-refractivity contribution in [3.63, 3.8) is 0 Å². The molecule has 17 heavy (non-hydrogen) atoms. The highest BCUT2D eigenvalue weighted by molar-refractivity contribution is 5.84. The molecule has 0 aliphatic rings. The first kappa shape index (κ1) is 13.2. The fourth-order valence-corrected chi connectivity index (χ4v) is 1.20. The summed E-state index contributed by atoms with van der Waals surface area (Å²) in [5.74, 6) is -0.224. The lowest BCUT2D eigenvalue weighted by atomic mass is 10.5. The van der Waals surface area contributed by atoms with Gasteiger partial charge in [-0.2, -0.15) is 0 Å². The molecule has 1 N–H and O–H groups in total. The number of carbonyl (C=O) groups is 2. The molecule has 0 spiro atoms. The van der Waals surface area contributed by atoms with Crippen LogP contribution in [-0.2, 0) is 9.53 Å². The van der Waals surface area contributed by atoms with Gasteiger partial charge in [-0.25, -0.2) is 9.78 Å². The number of aromatic nitrogens is 2. The maximum Gasteiger partial charge on any atom is 0.329 e.